The summed E-state index contributed by atoms with van der Waals surface area (Å²) in [4.78, 5) is 18.8. The summed E-state index contributed by atoms with van der Waals surface area (Å²) in [6.45, 7) is 3.30. The van der Waals surface area contributed by atoms with Crippen LogP contribution in [0.4, 0.5) is 11.6 Å². The first kappa shape index (κ1) is 10.2. The lowest BCUT2D eigenvalue weighted by Crippen LogP contribution is -2.45. The number of rotatable bonds is 3. The number of nitrogens with one attached hydrogen (secondary N) is 1. The number of nitrogens with zero attached hydrogens (tertiary/aromatic N) is 2. The van der Waals surface area contributed by atoms with Crippen molar-refractivity contribution in [3.05, 3.63) is 12.4 Å². The maximum atomic E-state index is 11.0. The Balaban J connectivity index is 2.79. The number of anilines is 2. The van der Waals surface area contributed by atoms with Crippen molar-refractivity contribution in [3.8, 4) is 0 Å². The van der Waals surface area contributed by atoms with Gasteiger partial charge >= 0.3 is 0 Å². The molecule has 6 heteroatoms. The first-order valence-corrected chi connectivity index (χ1v) is 4.07. The van der Waals surface area contributed by atoms with Gasteiger partial charge in [-0.2, -0.15) is 0 Å². The van der Waals surface area contributed by atoms with E-state index in [0.717, 1.165) is 0 Å². The Bertz CT molecular complexity index is 332. The maximum Gasteiger partial charge on any atom is 0.242 e. The van der Waals surface area contributed by atoms with Gasteiger partial charge in [-0.3, -0.25) is 4.79 Å². The molecule has 0 saturated heterocycles. The summed E-state index contributed by atoms with van der Waals surface area (Å²) in [6, 6.07) is 0. The van der Waals surface area contributed by atoms with Crippen LogP contribution < -0.4 is 16.8 Å². The van der Waals surface area contributed by atoms with Crippen LogP contribution in [0.25, 0.3) is 0 Å². The predicted octanol–water partition coefficient (Wildman–Crippen LogP) is -0.265. The van der Waals surface area contributed by atoms with Crippen molar-refractivity contribution < 1.29 is 4.79 Å². The van der Waals surface area contributed by atoms with Gasteiger partial charge in [0.2, 0.25) is 11.9 Å². The van der Waals surface area contributed by atoms with E-state index in [1.807, 2.05) is 0 Å². The average Bonchev–Trinajstić information content (AvgIpc) is 2.08. The molecule has 0 radical (unpaired) electrons. The van der Waals surface area contributed by atoms with Gasteiger partial charge in [-0.1, -0.05) is 0 Å². The molecule has 1 aromatic rings. The minimum Gasteiger partial charge on any atom is -0.396 e. The van der Waals surface area contributed by atoms with Crippen molar-refractivity contribution >= 4 is 17.5 Å². The number of nitrogen functional groups attached to an aromatic ring is 1. The topological polar surface area (TPSA) is 107 Å². The van der Waals surface area contributed by atoms with Crippen LogP contribution in [0.2, 0.25) is 0 Å². The van der Waals surface area contributed by atoms with Crippen LogP contribution in [0.15, 0.2) is 12.4 Å². The Morgan fingerprint density at radius 2 is 1.93 bits per heavy atom. The molecule has 0 spiro atoms. The quantitative estimate of drug-likeness (QED) is 0.615. The van der Waals surface area contributed by atoms with E-state index in [4.69, 9.17) is 11.5 Å². The smallest absolute Gasteiger partial charge is 0.242 e. The minimum absolute atomic E-state index is 0.322. The summed E-state index contributed by atoms with van der Waals surface area (Å²) in [6.07, 6.45) is 2.90. The molecule has 0 aliphatic carbocycles. The summed E-state index contributed by atoms with van der Waals surface area (Å²) in [5.41, 5.74) is 10.2. The number of primary amides is 1. The normalized spacial score (nSPS) is 11.0. The Morgan fingerprint density at radius 3 is 2.36 bits per heavy atom. The second-order valence-electron chi connectivity index (χ2n) is 3.45. The molecule has 1 aromatic heterocycles. The Labute approximate surface area is 81.7 Å². The minimum atomic E-state index is -0.879. The SMILES string of the molecule is CC(C)(Nc1ncc(N)cn1)C(N)=O. The Morgan fingerprint density at radius 1 is 1.43 bits per heavy atom. The van der Waals surface area contributed by atoms with Crippen molar-refractivity contribution in [2.75, 3.05) is 11.1 Å². The number of hydrogen-bond donors (Lipinski definition) is 3. The van der Waals surface area contributed by atoms with E-state index in [1.54, 1.807) is 13.8 Å². The summed E-state index contributed by atoms with van der Waals surface area (Å²) >= 11 is 0. The monoisotopic (exact) mass is 195 g/mol. The van der Waals surface area contributed by atoms with Crippen LogP contribution in [0.5, 0.6) is 0 Å². The molecule has 1 heterocycles. The van der Waals surface area contributed by atoms with Gasteiger partial charge in [0.25, 0.3) is 0 Å². The Hall–Kier alpha value is -1.85. The highest BCUT2D eigenvalue weighted by Gasteiger charge is 2.25. The number of carbonyl (C=O) groups excluding carboxylic acids is 1. The molecule has 0 aliphatic heterocycles. The first-order chi connectivity index (χ1) is 6.42. The molecule has 0 fully saturated rings. The number of carbonyl (C=O) groups is 1. The van der Waals surface area contributed by atoms with Crippen molar-refractivity contribution in [2.45, 2.75) is 19.4 Å². The van der Waals surface area contributed by atoms with E-state index >= 15 is 0 Å². The van der Waals surface area contributed by atoms with Crippen LogP contribution >= 0.6 is 0 Å². The third-order valence-corrected chi connectivity index (χ3v) is 1.71. The molecule has 5 N–H and O–H groups in total. The van der Waals surface area contributed by atoms with Gasteiger partial charge < -0.3 is 16.8 Å². The third-order valence-electron chi connectivity index (χ3n) is 1.71. The van der Waals surface area contributed by atoms with Crippen molar-refractivity contribution in [3.63, 3.8) is 0 Å². The van der Waals surface area contributed by atoms with E-state index in [2.05, 4.69) is 15.3 Å². The fourth-order valence-corrected chi connectivity index (χ4v) is 0.744. The fourth-order valence-electron chi connectivity index (χ4n) is 0.744. The zero-order valence-corrected chi connectivity index (χ0v) is 8.11. The van der Waals surface area contributed by atoms with Crippen molar-refractivity contribution in [2.24, 2.45) is 5.73 Å². The van der Waals surface area contributed by atoms with Gasteiger partial charge in [0.05, 0.1) is 18.1 Å². The van der Waals surface area contributed by atoms with Crippen molar-refractivity contribution in [1.82, 2.24) is 9.97 Å². The Kier molecular flexibility index (Phi) is 2.55. The molecule has 1 rings (SSSR count). The van der Waals surface area contributed by atoms with Gasteiger partial charge in [0.1, 0.15) is 5.54 Å². The molecule has 0 aromatic carbocycles. The number of amides is 1. The summed E-state index contributed by atoms with van der Waals surface area (Å²) in [5.74, 6) is -0.152. The van der Waals surface area contributed by atoms with E-state index < -0.39 is 11.4 Å². The van der Waals surface area contributed by atoms with Gasteiger partial charge in [-0.25, -0.2) is 9.97 Å². The highest BCUT2D eigenvalue weighted by atomic mass is 16.1. The lowest BCUT2D eigenvalue weighted by Gasteiger charge is -2.21. The molecule has 0 bridgehead atoms. The number of nitrogens with two attached hydrogens (primary N) is 2. The summed E-state index contributed by atoms with van der Waals surface area (Å²) in [5, 5.41) is 2.79. The maximum absolute atomic E-state index is 11.0. The van der Waals surface area contributed by atoms with Crippen LogP contribution in [0.3, 0.4) is 0 Å². The third kappa shape index (κ3) is 2.32. The molecule has 0 unspecified atom stereocenters. The average molecular weight is 195 g/mol. The number of hydrogen-bond acceptors (Lipinski definition) is 5. The molecule has 14 heavy (non-hydrogen) atoms. The van der Waals surface area contributed by atoms with Gasteiger partial charge in [0.15, 0.2) is 0 Å². The lowest BCUT2D eigenvalue weighted by molar-refractivity contribution is -0.121. The van der Waals surface area contributed by atoms with Gasteiger partial charge in [0, 0.05) is 0 Å². The largest absolute Gasteiger partial charge is 0.396 e. The first-order valence-electron chi connectivity index (χ1n) is 4.07. The van der Waals surface area contributed by atoms with Gasteiger partial charge in [-0.05, 0) is 13.8 Å². The molecular formula is C8H13N5O. The van der Waals surface area contributed by atoms with Gasteiger partial charge in [-0.15, -0.1) is 0 Å². The van der Waals surface area contributed by atoms with Crippen LogP contribution in [-0.2, 0) is 4.79 Å². The zero-order valence-electron chi connectivity index (χ0n) is 8.11. The van der Waals surface area contributed by atoms with E-state index in [0.29, 0.717) is 11.6 Å². The summed E-state index contributed by atoms with van der Waals surface area (Å²) in [7, 11) is 0. The van der Waals surface area contributed by atoms with Crippen LogP contribution in [0.1, 0.15) is 13.8 Å². The highest BCUT2D eigenvalue weighted by Crippen LogP contribution is 2.10. The molecular weight excluding hydrogens is 182 g/mol. The van der Waals surface area contributed by atoms with Crippen LogP contribution in [-0.4, -0.2) is 21.4 Å². The molecule has 0 aliphatic rings. The van der Waals surface area contributed by atoms with Crippen LogP contribution in [0, 0.1) is 0 Å². The number of aromatic nitrogens is 2. The second-order valence-corrected chi connectivity index (χ2v) is 3.45. The second kappa shape index (κ2) is 3.49. The predicted molar refractivity (Wildman–Crippen MR) is 53.3 cm³/mol. The van der Waals surface area contributed by atoms with E-state index in [-0.39, 0.29) is 0 Å². The summed E-state index contributed by atoms with van der Waals surface area (Å²) < 4.78 is 0. The molecule has 76 valence electrons. The fraction of sp³-hybridized carbons (Fsp3) is 0.375. The van der Waals surface area contributed by atoms with E-state index in [1.165, 1.54) is 12.4 Å². The zero-order chi connectivity index (χ0) is 10.8. The highest BCUT2D eigenvalue weighted by molar-refractivity contribution is 5.86. The molecule has 0 saturated carbocycles. The molecule has 1 amide bonds. The van der Waals surface area contributed by atoms with E-state index in [9.17, 15) is 4.79 Å². The molecule has 0 atom stereocenters. The lowest BCUT2D eigenvalue weighted by atomic mass is 10.1. The van der Waals surface area contributed by atoms with Crippen molar-refractivity contribution in [1.29, 1.82) is 0 Å². The standard InChI is InChI=1S/C8H13N5O/c1-8(2,6(10)14)13-7-11-3-5(9)4-12-7/h3-4H,9H2,1-2H3,(H2,10,14)(H,11,12,13). The molecule has 6 nitrogen and oxygen atoms in total.